The van der Waals surface area contributed by atoms with Gasteiger partial charge in [0, 0.05) is 32.3 Å². The van der Waals surface area contributed by atoms with Crippen LogP contribution in [-0.2, 0) is 9.53 Å². The lowest BCUT2D eigenvalue weighted by Gasteiger charge is -2.38. The summed E-state index contributed by atoms with van der Waals surface area (Å²) in [5.74, 6) is 0.162. The summed E-state index contributed by atoms with van der Waals surface area (Å²) in [6.45, 7) is 8.23. The van der Waals surface area contributed by atoms with Crippen molar-refractivity contribution in [3.05, 3.63) is 0 Å². The van der Waals surface area contributed by atoms with Gasteiger partial charge in [0.1, 0.15) is 0 Å². The molecule has 3 fully saturated rings. The van der Waals surface area contributed by atoms with Crippen LogP contribution >= 0.6 is 0 Å². The summed E-state index contributed by atoms with van der Waals surface area (Å²) in [5, 5.41) is 3.07. The number of carbonyl (C=O) groups is 1. The summed E-state index contributed by atoms with van der Waals surface area (Å²) in [7, 11) is 0. The molecule has 0 aromatic carbocycles. The zero-order valence-corrected chi connectivity index (χ0v) is 13.9. The molecule has 0 bridgehead atoms. The normalized spacial score (nSPS) is 29.8. The van der Waals surface area contributed by atoms with Crippen molar-refractivity contribution in [3.63, 3.8) is 0 Å². The lowest BCUT2D eigenvalue weighted by atomic mass is 10.0. The van der Waals surface area contributed by atoms with Gasteiger partial charge < -0.3 is 15.0 Å². The van der Waals surface area contributed by atoms with Gasteiger partial charge in [-0.2, -0.15) is 0 Å². The molecule has 0 aromatic heterocycles. The zero-order chi connectivity index (χ0) is 15.4. The molecule has 3 heterocycles. The summed E-state index contributed by atoms with van der Waals surface area (Å²) in [6, 6.07) is 0.738. The molecule has 3 rings (SSSR count). The highest BCUT2D eigenvalue weighted by molar-refractivity contribution is 5.81. The fourth-order valence-corrected chi connectivity index (χ4v) is 4.08. The Morgan fingerprint density at radius 2 is 1.86 bits per heavy atom. The summed E-state index contributed by atoms with van der Waals surface area (Å²) in [5.41, 5.74) is 0. The first-order valence-electron chi connectivity index (χ1n) is 9.11. The molecule has 0 saturated carbocycles. The highest BCUT2D eigenvalue weighted by atomic mass is 16.5. The van der Waals surface area contributed by atoms with E-state index in [2.05, 4.69) is 15.1 Å². The van der Waals surface area contributed by atoms with Crippen molar-refractivity contribution in [1.82, 2.24) is 15.1 Å². The van der Waals surface area contributed by atoms with Crippen molar-refractivity contribution in [2.45, 2.75) is 63.6 Å². The standard InChI is InChI=1S/C17H31N3O2/c1-14(17(21)18-13-16-5-4-12-22-16)19-10-6-15(7-11-19)20-8-2-3-9-20/h14-16H,2-13H2,1H3,(H,18,21). The third-order valence-corrected chi connectivity index (χ3v) is 5.61. The molecule has 1 amide bonds. The fourth-order valence-electron chi connectivity index (χ4n) is 4.08. The number of likely N-dealkylation sites (tertiary alicyclic amines) is 2. The molecule has 1 N–H and O–H groups in total. The predicted octanol–water partition coefficient (Wildman–Crippen LogP) is 1.23. The van der Waals surface area contributed by atoms with E-state index >= 15 is 0 Å². The van der Waals surface area contributed by atoms with Crippen LogP contribution in [0, 0.1) is 0 Å². The highest BCUT2D eigenvalue weighted by Gasteiger charge is 2.30. The molecule has 2 atom stereocenters. The van der Waals surface area contributed by atoms with Crippen molar-refractivity contribution >= 4 is 5.91 Å². The average Bonchev–Trinajstić information content (AvgIpc) is 3.25. The second-order valence-corrected chi connectivity index (χ2v) is 7.07. The van der Waals surface area contributed by atoms with Crippen molar-refractivity contribution in [1.29, 1.82) is 0 Å². The SMILES string of the molecule is CC(C(=O)NCC1CCCO1)N1CCC(N2CCCC2)CC1. The third kappa shape index (κ3) is 4.00. The first kappa shape index (κ1) is 16.2. The molecule has 3 aliphatic heterocycles. The monoisotopic (exact) mass is 309 g/mol. The van der Waals surface area contributed by atoms with E-state index in [1.165, 1.54) is 38.8 Å². The van der Waals surface area contributed by atoms with Crippen LogP contribution in [0.3, 0.4) is 0 Å². The second-order valence-electron chi connectivity index (χ2n) is 7.07. The van der Waals surface area contributed by atoms with Crippen LogP contribution in [0.2, 0.25) is 0 Å². The number of carbonyl (C=O) groups excluding carboxylic acids is 1. The molecule has 0 aromatic rings. The van der Waals surface area contributed by atoms with Crippen molar-refractivity contribution < 1.29 is 9.53 Å². The number of amides is 1. The Hall–Kier alpha value is -0.650. The number of nitrogens with zero attached hydrogens (tertiary/aromatic N) is 2. The molecule has 5 heteroatoms. The van der Waals surface area contributed by atoms with Crippen LogP contribution in [-0.4, -0.2) is 73.2 Å². The van der Waals surface area contributed by atoms with Gasteiger partial charge in [-0.1, -0.05) is 0 Å². The van der Waals surface area contributed by atoms with E-state index in [9.17, 15) is 4.79 Å². The molecule has 0 spiro atoms. The van der Waals surface area contributed by atoms with Gasteiger partial charge in [0.05, 0.1) is 12.1 Å². The first-order valence-corrected chi connectivity index (χ1v) is 9.11. The van der Waals surface area contributed by atoms with Crippen molar-refractivity contribution in [2.24, 2.45) is 0 Å². The van der Waals surface area contributed by atoms with Crippen LogP contribution in [0.4, 0.5) is 0 Å². The van der Waals surface area contributed by atoms with Gasteiger partial charge >= 0.3 is 0 Å². The molecule has 2 unspecified atom stereocenters. The number of nitrogens with one attached hydrogen (secondary N) is 1. The van der Waals surface area contributed by atoms with E-state index < -0.39 is 0 Å². The van der Waals surface area contributed by atoms with Gasteiger partial charge in [-0.05, 0) is 58.5 Å². The number of ether oxygens (including phenoxy) is 1. The Morgan fingerprint density at radius 1 is 1.14 bits per heavy atom. The number of hydrogen-bond donors (Lipinski definition) is 1. The topological polar surface area (TPSA) is 44.8 Å². The molecule has 126 valence electrons. The minimum absolute atomic E-state index is 0.0130. The molecular weight excluding hydrogens is 278 g/mol. The van der Waals surface area contributed by atoms with Crippen LogP contribution in [0.25, 0.3) is 0 Å². The highest BCUT2D eigenvalue weighted by Crippen LogP contribution is 2.22. The van der Waals surface area contributed by atoms with Crippen LogP contribution in [0.1, 0.15) is 45.4 Å². The van der Waals surface area contributed by atoms with Gasteiger partial charge in [0.15, 0.2) is 0 Å². The van der Waals surface area contributed by atoms with Gasteiger partial charge in [-0.25, -0.2) is 0 Å². The van der Waals surface area contributed by atoms with Crippen LogP contribution in [0.15, 0.2) is 0 Å². The zero-order valence-electron chi connectivity index (χ0n) is 13.9. The van der Waals surface area contributed by atoms with Crippen molar-refractivity contribution in [3.8, 4) is 0 Å². The second kappa shape index (κ2) is 7.75. The Kier molecular flexibility index (Phi) is 5.71. The molecule has 22 heavy (non-hydrogen) atoms. The Labute approximate surface area is 134 Å². The summed E-state index contributed by atoms with van der Waals surface area (Å²) < 4.78 is 5.57. The van der Waals surface area contributed by atoms with E-state index in [-0.39, 0.29) is 18.1 Å². The summed E-state index contributed by atoms with van der Waals surface area (Å²) in [6.07, 6.45) is 7.59. The molecular formula is C17H31N3O2. The minimum Gasteiger partial charge on any atom is -0.376 e. The van der Waals surface area contributed by atoms with E-state index in [4.69, 9.17) is 4.74 Å². The lowest BCUT2D eigenvalue weighted by Crippen LogP contribution is -2.52. The predicted molar refractivity (Wildman–Crippen MR) is 86.8 cm³/mol. The quantitative estimate of drug-likeness (QED) is 0.830. The molecule has 0 aliphatic carbocycles. The number of piperidine rings is 1. The minimum atomic E-state index is -0.0130. The summed E-state index contributed by atoms with van der Waals surface area (Å²) >= 11 is 0. The van der Waals surface area contributed by atoms with Gasteiger partial charge in [-0.15, -0.1) is 0 Å². The third-order valence-electron chi connectivity index (χ3n) is 5.61. The largest absolute Gasteiger partial charge is 0.376 e. The lowest BCUT2D eigenvalue weighted by molar-refractivity contribution is -0.127. The van der Waals surface area contributed by atoms with Crippen molar-refractivity contribution in [2.75, 3.05) is 39.3 Å². The fraction of sp³-hybridized carbons (Fsp3) is 0.941. The maximum absolute atomic E-state index is 12.3. The Morgan fingerprint density at radius 3 is 2.50 bits per heavy atom. The van der Waals surface area contributed by atoms with E-state index in [0.717, 1.165) is 38.6 Å². The smallest absolute Gasteiger partial charge is 0.237 e. The van der Waals surface area contributed by atoms with E-state index in [1.54, 1.807) is 0 Å². The summed E-state index contributed by atoms with van der Waals surface area (Å²) in [4.78, 5) is 17.3. The number of rotatable bonds is 5. The van der Waals surface area contributed by atoms with Crippen LogP contribution in [0.5, 0.6) is 0 Å². The van der Waals surface area contributed by atoms with Gasteiger partial charge in [0.25, 0.3) is 0 Å². The van der Waals surface area contributed by atoms with Crippen LogP contribution < -0.4 is 5.32 Å². The van der Waals surface area contributed by atoms with E-state index in [1.807, 2.05) is 6.92 Å². The average molecular weight is 309 g/mol. The molecule has 3 aliphatic rings. The van der Waals surface area contributed by atoms with Gasteiger partial charge in [-0.3, -0.25) is 9.69 Å². The maximum atomic E-state index is 12.3. The number of hydrogen-bond acceptors (Lipinski definition) is 4. The molecule has 0 radical (unpaired) electrons. The maximum Gasteiger partial charge on any atom is 0.237 e. The molecule has 5 nitrogen and oxygen atoms in total. The first-order chi connectivity index (χ1) is 10.7. The molecule has 3 saturated heterocycles. The van der Waals surface area contributed by atoms with Gasteiger partial charge in [0.2, 0.25) is 5.91 Å². The van der Waals surface area contributed by atoms with E-state index in [0.29, 0.717) is 6.54 Å². The Balaban J connectivity index is 1.38. The Bertz CT molecular complexity index is 357.